The summed E-state index contributed by atoms with van der Waals surface area (Å²) in [6.45, 7) is 5.79. The second-order valence-electron chi connectivity index (χ2n) is 4.51. The third-order valence-corrected chi connectivity index (χ3v) is 4.01. The number of aromatic nitrogens is 1. The molecule has 0 spiro atoms. The van der Waals surface area contributed by atoms with Crippen LogP contribution >= 0.6 is 11.3 Å². The van der Waals surface area contributed by atoms with Gasteiger partial charge in [-0.05, 0) is 32.9 Å². The molecule has 0 aliphatic heterocycles. The van der Waals surface area contributed by atoms with Crippen molar-refractivity contribution in [3.8, 4) is 0 Å². The second-order valence-corrected chi connectivity index (χ2v) is 5.68. The first kappa shape index (κ1) is 13.5. The number of amides is 1. The molecule has 0 radical (unpaired) electrons. The molecule has 100 valence electrons. The van der Waals surface area contributed by atoms with Crippen LogP contribution in [0.2, 0.25) is 0 Å². The van der Waals surface area contributed by atoms with Crippen LogP contribution in [0.25, 0.3) is 0 Å². The molecule has 19 heavy (non-hydrogen) atoms. The van der Waals surface area contributed by atoms with Crippen LogP contribution in [0.15, 0.2) is 29.1 Å². The molecular weight excluding hydrogens is 260 g/mol. The van der Waals surface area contributed by atoms with Crippen molar-refractivity contribution in [2.24, 2.45) is 0 Å². The molecule has 1 heterocycles. The van der Waals surface area contributed by atoms with Gasteiger partial charge >= 0.3 is 4.87 Å². The maximum Gasteiger partial charge on any atom is 0.308 e. The maximum absolute atomic E-state index is 11.9. The molecule has 1 N–H and O–H groups in total. The number of hydrogen-bond acceptors (Lipinski definition) is 3. The Balaban J connectivity index is 2.09. The number of hydrogen-bond donors (Lipinski definition) is 1. The van der Waals surface area contributed by atoms with Crippen molar-refractivity contribution in [1.29, 1.82) is 0 Å². The summed E-state index contributed by atoms with van der Waals surface area (Å²) < 4.78 is 1.50. The first-order chi connectivity index (χ1) is 8.97. The third-order valence-electron chi connectivity index (χ3n) is 3.01. The summed E-state index contributed by atoms with van der Waals surface area (Å²) in [4.78, 5) is 24.5. The lowest BCUT2D eigenvalue weighted by Gasteiger charge is -2.07. The Morgan fingerprint density at radius 2 is 1.84 bits per heavy atom. The second kappa shape index (κ2) is 5.40. The van der Waals surface area contributed by atoms with E-state index in [1.807, 2.05) is 45.0 Å². The molecule has 0 atom stereocenters. The van der Waals surface area contributed by atoms with Crippen molar-refractivity contribution in [1.82, 2.24) is 4.57 Å². The molecule has 0 aliphatic rings. The highest BCUT2D eigenvalue weighted by Crippen LogP contribution is 2.11. The predicted molar refractivity (Wildman–Crippen MR) is 77.9 cm³/mol. The molecule has 4 nitrogen and oxygen atoms in total. The van der Waals surface area contributed by atoms with Gasteiger partial charge in [-0.15, -0.1) is 0 Å². The van der Waals surface area contributed by atoms with E-state index in [0.29, 0.717) is 0 Å². The lowest BCUT2D eigenvalue weighted by Crippen LogP contribution is -2.25. The van der Waals surface area contributed by atoms with Crippen molar-refractivity contribution in [2.45, 2.75) is 27.3 Å². The smallest absolute Gasteiger partial charge is 0.308 e. The molecule has 0 aliphatic carbocycles. The van der Waals surface area contributed by atoms with E-state index in [9.17, 15) is 9.59 Å². The number of thiazole rings is 1. The lowest BCUT2D eigenvalue weighted by molar-refractivity contribution is -0.116. The average molecular weight is 276 g/mol. The normalized spacial score (nSPS) is 10.5. The molecule has 0 bridgehead atoms. The molecule has 1 aromatic heterocycles. The molecule has 2 rings (SSSR count). The van der Waals surface area contributed by atoms with Crippen molar-refractivity contribution in [3.05, 3.63) is 50.1 Å². The van der Waals surface area contributed by atoms with Gasteiger partial charge in [-0.2, -0.15) is 0 Å². The number of rotatable bonds is 3. The standard InChI is InChI=1S/C14H16N2O2S/c1-9-4-6-12(7-5-9)15-13(17)8-16-10(2)11(3)19-14(16)18/h4-7H,8H2,1-3H3,(H,15,17). The first-order valence-electron chi connectivity index (χ1n) is 6.00. The molecular formula is C14H16N2O2S. The zero-order valence-corrected chi connectivity index (χ0v) is 12.0. The van der Waals surface area contributed by atoms with Crippen LogP contribution in [-0.2, 0) is 11.3 Å². The first-order valence-corrected chi connectivity index (χ1v) is 6.82. The molecule has 0 saturated carbocycles. The van der Waals surface area contributed by atoms with Crippen LogP contribution in [-0.4, -0.2) is 10.5 Å². The average Bonchev–Trinajstić information content (AvgIpc) is 2.59. The summed E-state index contributed by atoms with van der Waals surface area (Å²) in [6, 6.07) is 7.56. The van der Waals surface area contributed by atoms with Crippen LogP contribution in [0.5, 0.6) is 0 Å². The highest BCUT2D eigenvalue weighted by Gasteiger charge is 2.11. The molecule has 0 saturated heterocycles. The van der Waals surface area contributed by atoms with Crippen molar-refractivity contribution < 1.29 is 4.79 Å². The van der Waals surface area contributed by atoms with Crippen molar-refractivity contribution in [3.63, 3.8) is 0 Å². The molecule has 0 fully saturated rings. The van der Waals surface area contributed by atoms with E-state index >= 15 is 0 Å². The van der Waals surface area contributed by atoms with Gasteiger partial charge in [0.1, 0.15) is 6.54 Å². The quantitative estimate of drug-likeness (QED) is 0.936. The summed E-state index contributed by atoms with van der Waals surface area (Å²) in [7, 11) is 0. The zero-order chi connectivity index (χ0) is 14.0. The van der Waals surface area contributed by atoms with Crippen molar-refractivity contribution >= 4 is 22.9 Å². The fourth-order valence-corrected chi connectivity index (χ4v) is 2.58. The number of nitrogens with one attached hydrogen (secondary N) is 1. The Morgan fingerprint density at radius 1 is 1.21 bits per heavy atom. The van der Waals surface area contributed by atoms with Gasteiger partial charge in [-0.3, -0.25) is 14.2 Å². The van der Waals surface area contributed by atoms with Gasteiger partial charge in [0.2, 0.25) is 5.91 Å². The van der Waals surface area contributed by atoms with Gasteiger partial charge in [-0.25, -0.2) is 0 Å². The van der Waals surface area contributed by atoms with E-state index in [1.165, 1.54) is 15.9 Å². The summed E-state index contributed by atoms with van der Waals surface area (Å²) in [5.41, 5.74) is 2.74. The number of carbonyl (C=O) groups excluding carboxylic acids is 1. The van der Waals surface area contributed by atoms with Crippen LogP contribution < -0.4 is 10.2 Å². The Kier molecular flexibility index (Phi) is 3.85. The number of aryl methyl sites for hydroxylation is 2. The Bertz CT molecular complexity index is 653. The van der Waals surface area contributed by atoms with Gasteiger partial charge in [0, 0.05) is 16.3 Å². The molecule has 2 aromatic rings. The largest absolute Gasteiger partial charge is 0.325 e. The zero-order valence-electron chi connectivity index (χ0n) is 11.2. The van der Waals surface area contributed by atoms with Gasteiger partial charge in [-0.1, -0.05) is 29.0 Å². The van der Waals surface area contributed by atoms with Crippen LogP contribution in [0.3, 0.4) is 0 Å². The molecule has 1 aromatic carbocycles. The maximum atomic E-state index is 11.9. The fourth-order valence-electron chi connectivity index (χ4n) is 1.75. The van der Waals surface area contributed by atoms with Gasteiger partial charge in [0.05, 0.1) is 0 Å². The van der Waals surface area contributed by atoms with Gasteiger partial charge in [0.25, 0.3) is 0 Å². The van der Waals surface area contributed by atoms with E-state index in [-0.39, 0.29) is 17.3 Å². The number of anilines is 1. The predicted octanol–water partition coefficient (Wildman–Crippen LogP) is 2.47. The van der Waals surface area contributed by atoms with Crippen molar-refractivity contribution in [2.75, 3.05) is 5.32 Å². The van der Waals surface area contributed by atoms with E-state index in [2.05, 4.69) is 5.32 Å². The van der Waals surface area contributed by atoms with Crippen LogP contribution in [0, 0.1) is 20.8 Å². The van der Waals surface area contributed by atoms with E-state index < -0.39 is 0 Å². The molecule has 5 heteroatoms. The molecule has 1 amide bonds. The fraction of sp³-hybridized carbons (Fsp3) is 0.286. The number of carbonyl (C=O) groups is 1. The summed E-state index contributed by atoms with van der Waals surface area (Å²) >= 11 is 1.17. The minimum Gasteiger partial charge on any atom is -0.325 e. The number of nitrogens with zero attached hydrogens (tertiary/aromatic N) is 1. The summed E-state index contributed by atoms with van der Waals surface area (Å²) in [5.74, 6) is -0.188. The summed E-state index contributed by atoms with van der Waals surface area (Å²) in [6.07, 6.45) is 0. The highest BCUT2D eigenvalue weighted by atomic mass is 32.1. The Labute approximate surface area is 115 Å². The monoisotopic (exact) mass is 276 g/mol. The highest BCUT2D eigenvalue weighted by molar-refractivity contribution is 7.09. The van der Waals surface area contributed by atoms with E-state index in [0.717, 1.165) is 21.8 Å². The van der Waals surface area contributed by atoms with E-state index in [1.54, 1.807) is 0 Å². The third kappa shape index (κ3) is 3.12. The van der Waals surface area contributed by atoms with Gasteiger partial charge < -0.3 is 5.32 Å². The Hall–Kier alpha value is -1.88. The number of benzene rings is 1. The minimum absolute atomic E-state index is 0.0584. The minimum atomic E-state index is -0.188. The lowest BCUT2D eigenvalue weighted by atomic mass is 10.2. The Morgan fingerprint density at radius 3 is 2.37 bits per heavy atom. The SMILES string of the molecule is Cc1ccc(NC(=O)Cn2c(C)c(C)sc2=O)cc1. The van der Waals surface area contributed by atoms with Crippen LogP contribution in [0.4, 0.5) is 5.69 Å². The van der Waals surface area contributed by atoms with E-state index in [4.69, 9.17) is 0 Å². The summed E-state index contributed by atoms with van der Waals surface area (Å²) in [5, 5.41) is 2.79. The van der Waals surface area contributed by atoms with Gasteiger partial charge in [0.15, 0.2) is 0 Å². The van der Waals surface area contributed by atoms with Crippen LogP contribution in [0.1, 0.15) is 16.1 Å². The molecule has 0 unspecified atom stereocenters. The topological polar surface area (TPSA) is 51.1 Å².